The summed E-state index contributed by atoms with van der Waals surface area (Å²) in [4.78, 5) is 0.135. The molecule has 3 aromatic carbocycles. The van der Waals surface area contributed by atoms with Crippen LogP contribution >= 0.6 is 15.9 Å². The molecule has 9 heteroatoms. The van der Waals surface area contributed by atoms with Gasteiger partial charge in [-0.05, 0) is 85.6 Å². The second-order valence-corrected chi connectivity index (χ2v) is 10.8. The van der Waals surface area contributed by atoms with Gasteiger partial charge in [-0.25, -0.2) is 16.8 Å². The van der Waals surface area contributed by atoms with Crippen LogP contribution in [-0.4, -0.2) is 16.8 Å². The second kappa shape index (κ2) is 8.17. The van der Waals surface area contributed by atoms with E-state index in [4.69, 9.17) is 0 Å². The number of hydrogen-bond acceptors (Lipinski definition) is 4. The van der Waals surface area contributed by atoms with Crippen LogP contribution in [0.25, 0.3) is 0 Å². The maximum absolute atomic E-state index is 12.6. The third-order valence-electron chi connectivity index (χ3n) is 4.30. The summed E-state index contributed by atoms with van der Waals surface area (Å²) in [7, 11) is -7.56. The zero-order valence-corrected chi connectivity index (χ0v) is 18.9. The van der Waals surface area contributed by atoms with Crippen molar-refractivity contribution in [1.29, 1.82) is 0 Å². The van der Waals surface area contributed by atoms with Gasteiger partial charge in [-0.2, -0.15) is 0 Å². The Balaban J connectivity index is 1.78. The summed E-state index contributed by atoms with van der Waals surface area (Å²) in [5, 5.41) is 0. The molecule has 2 N–H and O–H groups in total. The Hall–Kier alpha value is -2.36. The molecule has 0 aliphatic heterocycles. The Bertz CT molecular complexity index is 1240. The Morgan fingerprint density at radius 3 is 1.59 bits per heavy atom. The molecule has 0 spiro atoms. The predicted octanol–water partition coefficient (Wildman–Crippen LogP) is 4.67. The first-order chi connectivity index (χ1) is 13.6. The molecule has 0 aliphatic carbocycles. The van der Waals surface area contributed by atoms with Crippen LogP contribution in [0.5, 0.6) is 0 Å². The van der Waals surface area contributed by atoms with Crippen LogP contribution in [0.4, 0.5) is 11.4 Å². The summed E-state index contributed by atoms with van der Waals surface area (Å²) >= 11 is 3.26. The summed E-state index contributed by atoms with van der Waals surface area (Å²) in [6, 6.07) is 17.0. The minimum absolute atomic E-state index is 0.0299. The molecule has 3 rings (SSSR count). The minimum atomic E-state index is -3.79. The number of benzene rings is 3. The van der Waals surface area contributed by atoms with Gasteiger partial charge in [-0.3, -0.25) is 9.44 Å². The average molecular weight is 495 g/mol. The van der Waals surface area contributed by atoms with Crippen molar-refractivity contribution in [2.75, 3.05) is 9.44 Å². The lowest BCUT2D eigenvalue weighted by atomic mass is 10.1. The molecule has 0 unspecified atom stereocenters. The van der Waals surface area contributed by atoms with Crippen LogP contribution in [-0.2, 0) is 20.0 Å². The Morgan fingerprint density at radius 1 is 0.621 bits per heavy atom. The molecule has 0 heterocycles. The van der Waals surface area contributed by atoms with Gasteiger partial charge in [0, 0.05) is 15.8 Å². The normalized spacial score (nSPS) is 11.8. The first-order valence-electron chi connectivity index (χ1n) is 8.55. The summed E-state index contributed by atoms with van der Waals surface area (Å²) in [6.45, 7) is 3.85. The number of sulfonamides is 2. The molecule has 0 radical (unpaired) electrons. The fourth-order valence-corrected chi connectivity index (χ4v) is 4.92. The van der Waals surface area contributed by atoms with E-state index >= 15 is 0 Å². The number of aryl methyl sites for hydroxylation is 2. The maximum atomic E-state index is 12.6. The number of halogens is 1. The van der Waals surface area contributed by atoms with Crippen molar-refractivity contribution in [3.63, 3.8) is 0 Å². The van der Waals surface area contributed by atoms with Gasteiger partial charge >= 0.3 is 0 Å². The van der Waals surface area contributed by atoms with Crippen LogP contribution in [0.1, 0.15) is 11.1 Å². The van der Waals surface area contributed by atoms with Gasteiger partial charge in [-0.15, -0.1) is 0 Å². The molecule has 0 saturated carbocycles. The zero-order valence-electron chi connectivity index (χ0n) is 15.7. The SMILES string of the molecule is Cc1ccc(NS(=O)(=O)c2ccc(NS(=O)(=O)c3ccc(Br)cc3)cc2)cc1C. The van der Waals surface area contributed by atoms with E-state index in [9.17, 15) is 16.8 Å². The van der Waals surface area contributed by atoms with Gasteiger partial charge in [0.05, 0.1) is 9.79 Å². The summed E-state index contributed by atoms with van der Waals surface area (Å²) in [6.07, 6.45) is 0. The molecule has 0 saturated heterocycles. The minimum Gasteiger partial charge on any atom is -0.280 e. The molecule has 0 fully saturated rings. The highest BCUT2D eigenvalue weighted by atomic mass is 79.9. The first-order valence-corrected chi connectivity index (χ1v) is 12.3. The van der Waals surface area contributed by atoms with E-state index in [2.05, 4.69) is 25.4 Å². The smallest absolute Gasteiger partial charge is 0.261 e. The van der Waals surface area contributed by atoms with Crippen LogP contribution in [0.15, 0.2) is 81.0 Å². The van der Waals surface area contributed by atoms with E-state index < -0.39 is 20.0 Å². The van der Waals surface area contributed by atoms with Gasteiger partial charge < -0.3 is 0 Å². The van der Waals surface area contributed by atoms with E-state index in [-0.39, 0.29) is 15.5 Å². The zero-order chi connectivity index (χ0) is 21.2. The number of nitrogens with one attached hydrogen (secondary N) is 2. The van der Waals surface area contributed by atoms with Gasteiger partial charge in [0.2, 0.25) is 0 Å². The highest BCUT2D eigenvalue weighted by Crippen LogP contribution is 2.22. The number of anilines is 2. The number of rotatable bonds is 6. The molecule has 152 valence electrons. The monoisotopic (exact) mass is 494 g/mol. The van der Waals surface area contributed by atoms with Crippen molar-refractivity contribution in [2.45, 2.75) is 23.6 Å². The van der Waals surface area contributed by atoms with Crippen molar-refractivity contribution in [3.8, 4) is 0 Å². The third-order valence-corrected chi connectivity index (χ3v) is 7.62. The fraction of sp³-hybridized carbons (Fsp3) is 0.100. The quantitative estimate of drug-likeness (QED) is 0.520. The van der Waals surface area contributed by atoms with E-state index in [1.165, 1.54) is 36.4 Å². The predicted molar refractivity (Wildman–Crippen MR) is 118 cm³/mol. The molecule has 0 aromatic heterocycles. The lowest BCUT2D eigenvalue weighted by Crippen LogP contribution is -2.14. The molecule has 0 aliphatic rings. The van der Waals surface area contributed by atoms with Gasteiger partial charge in [0.1, 0.15) is 0 Å². The molecular weight excluding hydrogens is 476 g/mol. The molecule has 0 amide bonds. The van der Waals surface area contributed by atoms with E-state index in [1.807, 2.05) is 19.9 Å². The van der Waals surface area contributed by atoms with Crippen LogP contribution in [0.2, 0.25) is 0 Å². The molecule has 0 atom stereocenters. The maximum Gasteiger partial charge on any atom is 0.261 e. The largest absolute Gasteiger partial charge is 0.280 e. The molecule has 0 bridgehead atoms. The van der Waals surface area contributed by atoms with Crippen molar-refractivity contribution in [1.82, 2.24) is 0 Å². The van der Waals surface area contributed by atoms with E-state index in [0.717, 1.165) is 15.6 Å². The molecule has 3 aromatic rings. The average Bonchev–Trinajstić information content (AvgIpc) is 2.65. The highest BCUT2D eigenvalue weighted by Gasteiger charge is 2.17. The van der Waals surface area contributed by atoms with Crippen molar-refractivity contribution < 1.29 is 16.8 Å². The Kier molecular flexibility index (Phi) is 6.02. The number of hydrogen-bond donors (Lipinski definition) is 2. The van der Waals surface area contributed by atoms with E-state index in [1.54, 1.807) is 24.3 Å². The van der Waals surface area contributed by atoms with Crippen molar-refractivity contribution in [2.24, 2.45) is 0 Å². The standard InChI is InChI=1S/C20H19BrN2O4S2/c1-14-3-6-18(13-15(14)2)23-29(26,27)20-11-7-17(8-12-20)22-28(24,25)19-9-4-16(21)5-10-19/h3-13,22-23H,1-2H3. The van der Waals surface area contributed by atoms with Crippen LogP contribution in [0, 0.1) is 13.8 Å². The highest BCUT2D eigenvalue weighted by molar-refractivity contribution is 9.10. The van der Waals surface area contributed by atoms with Gasteiger partial charge in [0.15, 0.2) is 0 Å². The lowest BCUT2D eigenvalue weighted by molar-refractivity contribution is 0.600. The van der Waals surface area contributed by atoms with Crippen molar-refractivity contribution in [3.05, 3.63) is 82.3 Å². The molecular formula is C20H19BrN2O4S2. The molecule has 6 nitrogen and oxygen atoms in total. The second-order valence-electron chi connectivity index (χ2n) is 6.49. The van der Waals surface area contributed by atoms with Crippen molar-refractivity contribution >= 4 is 47.4 Å². The Labute approximate surface area is 179 Å². The Morgan fingerprint density at radius 2 is 1.07 bits per heavy atom. The first kappa shape index (κ1) is 21.4. The summed E-state index contributed by atoms with van der Waals surface area (Å²) in [5.41, 5.74) is 2.77. The van der Waals surface area contributed by atoms with E-state index in [0.29, 0.717) is 5.69 Å². The lowest BCUT2D eigenvalue weighted by Gasteiger charge is -2.11. The topological polar surface area (TPSA) is 92.3 Å². The third kappa shape index (κ3) is 5.17. The summed E-state index contributed by atoms with van der Waals surface area (Å²) in [5.74, 6) is 0. The summed E-state index contributed by atoms with van der Waals surface area (Å²) < 4.78 is 55.8. The van der Waals surface area contributed by atoms with Gasteiger partial charge in [0.25, 0.3) is 20.0 Å². The van der Waals surface area contributed by atoms with Crippen LogP contribution < -0.4 is 9.44 Å². The van der Waals surface area contributed by atoms with Crippen LogP contribution in [0.3, 0.4) is 0 Å². The molecule has 29 heavy (non-hydrogen) atoms. The van der Waals surface area contributed by atoms with Gasteiger partial charge in [-0.1, -0.05) is 22.0 Å². The fourth-order valence-electron chi connectivity index (χ4n) is 2.55.